The Balaban J connectivity index is 1.90. The van der Waals surface area contributed by atoms with Crippen LogP contribution < -0.4 is 5.32 Å². The van der Waals surface area contributed by atoms with E-state index in [1.807, 2.05) is 13.0 Å². The highest BCUT2D eigenvalue weighted by Gasteiger charge is 2.28. The van der Waals surface area contributed by atoms with Crippen LogP contribution in [0.15, 0.2) is 28.8 Å². The van der Waals surface area contributed by atoms with E-state index in [4.69, 9.17) is 4.52 Å². The molecule has 0 amide bonds. The highest BCUT2D eigenvalue weighted by molar-refractivity contribution is 5.85. The Morgan fingerprint density at radius 2 is 2.21 bits per heavy atom. The van der Waals surface area contributed by atoms with Crippen molar-refractivity contribution in [1.82, 2.24) is 20.4 Å². The van der Waals surface area contributed by atoms with E-state index in [2.05, 4.69) is 38.6 Å². The molecule has 0 spiro atoms. The minimum absolute atomic E-state index is 0.00593. The maximum Gasteiger partial charge on any atom is 0.223 e. The van der Waals surface area contributed by atoms with E-state index >= 15 is 0 Å². The van der Waals surface area contributed by atoms with E-state index < -0.39 is 0 Å². The monoisotopic (exact) mass is 254 g/mol. The average molecular weight is 254 g/mol. The topological polar surface area (TPSA) is 66.7 Å². The van der Waals surface area contributed by atoms with Gasteiger partial charge in [0.25, 0.3) is 0 Å². The van der Waals surface area contributed by atoms with Gasteiger partial charge in [-0.2, -0.15) is 4.98 Å². The Labute approximate surface area is 110 Å². The first kappa shape index (κ1) is 10.8. The van der Waals surface area contributed by atoms with Gasteiger partial charge in [0.2, 0.25) is 5.89 Å². The van der Waals surface area contributed by atoms with Crippen molar-refractivity contribution in [3.63, 3.8) is 0 Å². The Morgan fingerprint density at radius 1 is 1.32 bits per heavy atom. The highest BCUT2D eigenvalue weighted by atomic mass is 16.5. The highest BCUT2D eigenvalue weighted by Crippen LogP contribution is 2.32. The number of H-pyrrole nitrogens is 1. The van der Waals surface area contributed by atoms with Gasteiger partial charge in [-0.25, -0.2) is 0 Å². The summed E-state index contributed by atoms with van der Waals surface area (Å²) in [5.41, 5.74) is 3.69. The molecule has 5 heteroatoms. The molecular weight excluding hydrogens is 240 g/mol. The first-order valence-corrected chi connectivity index (χ1v) is 6.46. The van der Waals surface area contributed by atoms with Gasteiger partial charge in [-0.1, -0.05) is 23.4 Å². The van der Waals surface area contributed by atoms with Gasteiger partial charge in [0.15, 0.2) is 5.82 Å². The number of rotatable bonds is 1. The molecule has 1 aliphatic heterocycles. The van der Waals surface area contributed by atoms with Crippen LogP contribution in [-0.2, 0) is 6.42 Å². The van der Waals surface area contributed by atoms with Crippen molar-refractivity contribution in [1.29, 1.82) is 0 Å². The lowest BCUT2D eigenvalue weighted by molar-refractivity contribution is 0.380. The fraction of sp³-hybridized carbons (Fsp3) is 0.286. The number of aromatic amines is 1. The molecule has 1 atom stereocenters. The molecule has 3 aromatic rings. The lowest BCUT2D eigenvalue weighted by Gasteiger charge is -2.21. The van der Waals surface area contributed by atoms with Crippen molar-refractivity contribution in [3.05, 3.63) is 47.2 Å². The van der Waals surface area contributed by atoms with Crippen LogP contribution in [0.2, 0.25) is 0 Å². The van der Waals surface area contributed by atoms with E-state index in [1.165, 1.54) is 16.5 Å². The predicted molar refractivity (Wildman–Crippen MR) is 70.9 cm³/mol. The summed E-state index contributed by atoms with van der Waals surface area (Å²) in [6.07, 6.45) is 1.02. The van der Waals surface area contributed by atoms with Gasteiger partial charge < -0.3 is 14.8 Å². The minimum atomic E-state index is -0.00593. The summed E-state index contributed by atoms with van der Waals surface area (Å²) < 4.78 is 5.09. The molecule has 0 saturated carbocycles. The van der Waals surface area contributed by atoms with Crippen LogP contribution in [0, 0.1) is 6.92 Å². The van der Waals surface area contributed by atoms with E-state index in [0.29, 0.717) is 11.7 Å². The fourth-order valence-electron chi connectivity index (χ4n) is 2.83. The lowest BCUT2D eigenvalue weighted by atomic mass is 9.99. The zero-order valence-corrected chi connectivity index (χ0v) is 10.6. The Kier molecular flexibility index (Phi) is 2.22. The molecule has 5 nitrogen and oxygen atoms in total. The third-order valence-electron chi connectivity index (χ3n) is 3.66. The minimum Gasteiger partial charge on any atom is -0.356 e. The van der Waals surface area contributed by atoms with Gasteiger partial charge in [0, 0.05) is 30.1 Å². The summed E-state index contributed by atoms with van der Waals surface area (Å²) in [5, 5.41) is 8.79. The Hall–Kier alpha value is -2.14. The van der Waals surface area contributed by atoms with Crippen LogP contribution in [0.1, 0.15) is 29.0 Å². The van der Waals surface area contributed by atoms with Crippen LogP contribution in [-0.4, -0.2) is 21.7 Å². The Bertz CT molecular complexity index is 743. The summed E-state index contributed by atoms with van der Waals surface area (Å²) in [6, 6.07) is 8.38. The molecule has 0 aliphatic carbocycles. The first-order chi connectivity index (χ1) is 9.33. The maximum absolute atomic E-state index is 5.09. The molecule has 0 radical (unpaired) electrons. The van der Waals surface area contributed by atoms with E-state index in [-0.39, 0.29) is 6.04 Å². The van der Waals surface area contributed by atoms with Gasteiger partial charge in [-0.3, -0.25) is 0 Å². The van der Waals surface area contributed by atoms with Crippen LogP contribution in [0.3, 0.4) is 0 Å². The predicted octanol–water partition coefficient (Wildman–Crippen LogP) is 2.09. The third kappa shape index (κ3) is 1.58. The number of benzene rings is 1. The van der Waals surface area contributed by atoms with E-state index in [1.54, 1.807) is 0 Å². The molecule has 1 aliphatic rings. The number of nitrogens with zero attached hydrogens (tertiary/aromatic N) is 2. The summed E-state index contributed by atoms with van der Waals surface area (Å²) in [4.78, 5) is 7.83. The number of aromatic nitrogens is 3. The van der Waals surface area contributed by atoms with Crippen molar-refractivity contribution < 1.29 is 4.52 Å². The number of hydrogen-bond acceptors (Lipinski definition) is 4. The number of nitrogens with one attached hydrogen (secondary N) is 2. The van der Waals surface area contributed by atoms with Crippen molar-refractivity contribution in [2.45, 2.75) is 19.4 Å². The number of aryl methyl sites for hydroxylation is 1. The Morgan fingerprint density at radius 3 is 3.05 bits per heavy atom. The normalized spacial score (nSPS) is 18.7. The molecule has 1 aromatic carbocycles. The number of fused-ring (bicyclic) bond motifs is 3. The van der Waals surface area contributed by atoms with E-state index in [0.717, 1.165) is 18.7 Å². The third-order valence-corrected chi connectivity index (χ3v) is 3.66. The second-order valence-corrected chi connectivity index (χ2v) is 4.87. The molecule has 1 unspecified atom stereocenters. The first-order valence-electron chi connectivity index (χ1n) is 6.46. The zero-order valence-electron chi connectivity index (χ0n) is 10.6. The van der Waals surface area contributed by atoms with Crippen LogP contribution in [0.4, 0.5) is 0 Å². The molecule has 0 fully saturated rings. The summed E-state index contributed by atoms with van der Waals surface area (Å²) in [5.74, 6) is 1.30. The van der Waals surface area contributed by atoms with E-state index in [9.17, 15) is 0 Å². The van der Waals surface area contributed by atoms with Crippen LogP contribution >= 0.6 is 0 Å². The fourth-order valence-corrected chi connectivity index (χ4v) is 2.83. The summed E-state index contributed by atoms with van der Waals surface area (Å²) >= 11 is 0. The molecule has 3 heterocycles. The van der Waals surface area contributed by atoms with Gasteiger partial charge >= 0.3 is 0 Å². The van der Waals surface area contributed by atoms with Gasteiger partial charge in [0.1, 0.15) is 6.04 Å². The van der Waals surface area contributed by atoms with Crippen molar-refractivity contribution >= 4 is 10.9 Å². The van der Waals surface area contributed by atoms with Crippen molar-refractivity contribution in [2.24, 2.45) is 0 Å². The molecule has 4 rings (SSSR count). The van der Waals surface area contributed by atoms with Gasteiger partial charge in [0.05, 0.1) is 0 Å². The van der Waals surface area contributed by atoms with Gasteiger partial charge in [-0.15, -0.1) is 0 Å². The quantitative estimate of drug-likeness (QED) is 0.698. The molecule has 96 valence electrons. The van der Waals surface area contributed by atoms with Crippen molar-refractivity contribution in [2.75, 3.05) is 6.54 Å². The second-order valence-electron chi connectivity index (χ2n) is 4.87. The maximum atomic E-state index is 5.09. The molecule has 2 aromatic heterocycles. The SMILES string of the molecule is Cc1nc(C2NCCc3c2[nH]c2ccccc32)no1. The summed E-state index contributed by atoms with van der Waals surface area (Å²) in [6.45, 7) is 2.73. The smallest absolute Gasteiger partial charge is 0.223 e. The number of hydrogen-bond donors (Lipinski definition) is 2. The van der Waals surface area contributed by atoms with Gasteiger partial charge in [-0.05, 0) is 18.1 Å². The average Bonchev–Trinajstić information content (AvgIpc) is 3.02. The second kappa shape index (κ2) is 3.93. The molecule has 0 saturated heterocycles. The molecule has 19 heavy (non-hydrogen) atoms. The number of para-hydroxylation sites is 1. The lowest BCUT2D eigenvalue weighted by Crippen LogP contribution is -2.31. The standard InChI is InChI=1S/C14H14N4O/c1-8-16-14(18-19-8)13-12-10(6-7-15-13)9-4-2-3-5-11(9)17-12/h2-5,13,15,17H,6-7H2,1H3. The molecular formula is C14H14N4O. The molecule has 2 N–H and O–H groups in total. The van der Waals surface area contributed by atoms with Crippen LogP contribution in [0.5, 0.6) is 0 Å². The summed E-state index contributed by atoms with van der Waals surface area (Å²) in [7, 11) is 0. The van der Waals surface area contributed by atoms with Crippen LogP contribution in [0.25, 0.3) is 10.9 Å². The van der Waals surface area contributed by atoms with Crippen molar-refractivity contribution in [3.8, 4) is 0 Å². The largest absolute Gasteiger partial charge is 0.356 e. The zero-order chi connectivity index (χ0) is 12.8. The molecule has 0 bridgehead atoms.